The Hall–Kier alpha value is -2.64. The van der Waals surface area contributed by atoms with Crippen LogP contribution in [0.15, 0.2) is 48.8 Å². The third-order valence-corrected chi connectivity index (χ3v) is 3.11. The molecule has 0 aliphatic heterocycles. The van der Waals surface area contributed by atoms with Crippen LogP contribution in [0.3, 0.4) is 0 Å². The van der Waals surface area contributed by atoms with Gasteiger partial charge in [0.1, 0.15) is 5.65 Å². The maximum Gasteiger partial charge on any atom is 0.137 e. The molecular formula is C15H11N3O. The first-order chi connectivity index (χ1) is 9.33. The van der Waals surface area contributed by atoms with E-state index in [1.54, 1.807) is 18.3 Å². The Labute approximate surface area is 110 Å². The highest BCUT2D eigenvalue weighted by Gasteiger charge is 2.09. The van der Waals surface area contributed by atoms with E-state index in [0.717, 1.165) is 22.5 Å². The lowest BCUT2D eigenvalue weighted by atomic mass is 10.0. The first-order valence-electron chi connectivity index (χ1n) is 5.90. The van der Waals surface area contributed by atoms with Crippen LogP contribution in [0.4, 0.5) is 0 Å². The normalized spacial score (nSPS) is 10.5. The summed E-state index contributed by atoms with van der Waals surface area (Å²) in [5.74, 6) is 0. The number of nitrogens with zero attached hydrogens (tertiary/aromatic N) is 3. The third-order valence-electron chi connectivity index (χ3n) is 3.11. The number of rotatable bonds is 2. The van der Waals surface area contributed by atoms with Gasteiger partial charge in [-0.2, -0.15) is 5.26 Å². The van der Waals surface area contributed by atoms with Gasteiger partial charge in [-0.15, -0.1) is 0 Å². The van der Waals surface area contributed by atoms with Crippen molar-refractivity contribution in [2.24, 2.45) is 0 Å². The van der Waals surface area contributed by atoms with Crippen LogP contribution < -0.4 is 0 Å². The highest BCUT2D eigenvalue weighted by Crippen LogP contribution is 2.25. The van der Waals surface area contributed by atoms with E-state index in [1.807, 2.05) is 34.9 Å². The number of aliphatic hydroxyl groups excluding tert-OH is 1. The molecule has 0 unspecified atom stereocenters. The Morgan fingerprint density at radius 2 is 2.16 bits per heavy atom. The van der Waals surface area contributed by atoms with Crippen LogP contribution in [0.2, 0.25) is 0 Å². The molecule has 1 aromatic carbocycles. The van der Waals surface area contributed by atoms with Crippen LogP contribution in [0, 0.1) is 11.3 Å². The van der Waals surface area contributed by atoms with Gasteiger partial charge < -0.3 is 5.11 Å². The van der Waals surface area contributed by atoms with E-state index < -0.39 is 0 Å². The minimum atomic E-state index is -0.101. The molecule has 0 saturated heterocycles. The van der Waals surface area contributed by atoms with E-state index in [9.17, 15) is 5.11 Å². The molecule has 3 rings (SSSR count). The Balaban J connectivity index is 2.27. The largest absolute Gasteiger partial charge is 0.392 e. The number of hydrogen-bond donors (Lipinski definition) is 1. The quantitative estimate of drug-likeness (QED) is 0.758. The summed E-state index contributed by atoms with van der Waals surface area (Å²) in [6.45, 7) is -0.101. The lowest BCUT2D eigenvalue weighted by molar-refractivity contribution is 0.282. The molecule has 92 valence electrons. The van der Waals surface area contributed by atoms with E-state index >= 15 is 0 Å². The maximum atomic E-state index is 9.49. The molecule has 1 N–H and O–H groups in total. The Morgan fingerprint density at radius 1 is 1.26 bits per heavy atom. The van der Waals surface area contributed by atoms with Gasteiger partial charge >= 0.3 is 0 Å². The molecule has 0 bridgehead atoms. The summed E-state index contributed by atoms with van der Waals surface area (Å²) in [6.07, 6.45) is 3.62. The number of fused-ring (bicyclic) bond motifs is 1. The molecule has 0 atom stereocenters. The summed E-state index contributed by atoms with van der Waals surface area (Å²) in [6, 6.07) is 13.2. The maximum absolute atomic E-state index is 9.49. The lowest BCUT2D eigenvalue weighted by Crippen LogP contribution is -1.96. The van der Waals surface area contributed by atoms with Crippen molar-refractivity contribution >= 4 is 5.65 Å². The average molecular weight is 249 g/mol. The smallest absolute Gasteiger partial charge is 0.137 e. The predicted molar refractivity (Wildman–Crippen MR) is 71.3 cm³/mol. The first kappa shape index (κ1) is 11.5. The average Bonchev–Trinajstić information content (AvgIpc) is 2.95. The van der Waals surface area contributed by atoms with Crippen LogP contribution in [-0.2, 0) is 6.61 Å². The van der Waals surface area contributed by atoms with Gasteiger partial charge in [-0.3, -0.25) is 4.40 Å². The molecule has 0 saturated carbocycles. The second kappa shape index (κ2) is 4.56. The van der Waals surface area contributed by atoms with Gasteiger partial charge in [-0.05, 0) is 29.8 Å². The number of hydrogen-bond acceptors (Lipinski definition) is 3. The summed E-state index contributed by atoms with van der Waals surface area (Å²) >= 11 is 0. The minimum absolute atomic E-state index is 0.101. The fraction of sp³-hybridized carbons (Fsp3) is 0.0667. The molecule has 0 fully saturated rings. The Bertz CT molecular complexity index is 783. The van der Waals surface area contributed by atoms with Crippen LogP contribution in [0.1, 0.15) is 11.1 Å². The van der Waals surface area contributed by atoms with Gasteiger partial charge in [-0.25, -0.2) is 4.98 Å². The molecule has 3 aromatic rings. The number of aromatic nitrogens is 2. The molecular weight excluding hydrogens is 238 g/mol. The lowest BCUT2D eigenvalue weighted by Gasteiger charge is -2.10. The number of imidazole rings is 1. The molecule has 4 heteroatoms. The van der Waals surface area contributed by atoms with Gasteiger partial charge in [0, 0.05) is 18.0 Å². The van der Waals surface area contributed by atoms with E-state index in [4.69, 9.17) is 5.26 Å². The van der Waals surface area contributed by atoms with Crippen LogP contribution in [0.5, 0.6) is 0 Å². The zero-order valence-electron chi connectivity index (χ0n) is 10.1. The molecule has 0 aliphatic rings. The highest BCUT2D eigenvalue weighted by molar-refractivity contribution is 5.68. The molecule has 0 radical (unpaired) electrons. The fourth-order valence-electron chi connectivity index (χ4n) is 2.21. The standard InChI is InChI=1S/C15H11N3O/c16-9-11-4-5-13(12(8-11)10-19)14-2-1-3-15-17-6-7-18(14)15/h1-8,19H,10H2. The van der Waals surface area contributed by atoms with E-state index in [-0.39, 0.29) is 6.61 Å². The zero-order chi connectivity index (χ0) is 13.2. The van der Waals surface area contributed by atoms with Gasteiger partial charge in [0.25, 0.3) is 0 Å². The van der Waals surface area contributed by atoms with E-state index in [2.05, 4.69) is 11.1 Å². The van der Waals surface area contributed by atoms with Gasteiger partial charge in [0.15, 0.2) is 0 Å². The summed E-state index contributed by atoms with van der Waals surface area (Å²) in [5.41, 5.74) is 3.99. The van der Waals surface area contributed by atoms with Gasteiger partial charge in [0.05, 0.1) is 23.9 Å². The minimum Gasteiger partial charge on any atom is -0.392 e. The van der Waals surface area contributed by atoms with Crippen molar-refractivity contribution in [2.45, 2.75) is 6.61 Å². The summed E-state index contributed by atoms with van der Waals surface area (Å²) in [7, 11) is 0. The van der Waals surface area contributed by atoms with Crippen LogP contribution in [-0.4, -0.2) is 14.5 Å². The molecule has 0 amide bonds. The molecule has 0 aliphatic carbocycles. The topological polar surface area (TPSA) is 61.3 Å². The molecule has 2 aromatic heterocycles. The highest BCUT2D eigenvalue weighted by atomic mass is 16.3. The number of nitriles is 1. The van der Waals surface area contributed by atoms with E-state index in [1.165, 1.54) is 0 Å². The number of aliphatic hydroxyl groups is 1. The molecule has 0 spiro atoms. The van der Waals surface area contributed by atoms with E-state index in [0.29, 0.717) is 5.56 Å². The Kier molecular flexibility index (Phi) is 2.75. The Morgan fingerprint density at radius 3 is 2.95 bits per heavy atom. The van der Waals surface area contributed by atoms with Crippen molar-refractivity contribution in [1.29, 1.82) is 5.26 Å². The van der Waals surface area contributed by atoms with Crippen molar-refractivity contribution < 1.29 is 5.11 Å². The predicted octanol–water partition coefficient (Wildman–Crippen LogP) is 2.37. The summed E-state index contributed by atoms with van der Waals surface area (Å²) in [5, 5.41) is 18.4. The summed E-state index contributed by atoms with van der Waals surface area (Å²) in [4.78, 5) is 4.24. The number of pyridine rings is 1. The second-order valence-corrected chi connectivity index (χ2v) is 4.21. The van der Waals surface area contributed by atoms with Gasteiger partial charge in [0.2, 0.25) is 0 Å². The van der Waals surface area contributed by atoms with Crippen molar-refractivity contribution in [3.63, 3.8) is 0 Å². The van der Waals surface area contributed by atoms with Crippen molar-refractivity contribution in [2.75, 3.05) is 0 Å². The monoisotopic (exact) mass is 249 g/mol. The van der Waals surface area contributed by atoms with Crippen molar-refractivity contribution in [3.8, 4) is 17.3 Å². The fourth-order valence-corrected chi connectivity index (χ4v) is 2.21. The van der Waals surface area contributed by atoms with Crippen molar-refractivity contribution in [1.82, 2.24) is 9.38 Å². The zero-order valence-corrected chi connectivity index (χ0v) is 10.1. The first-order valence-corrected chi connectivity index (χ1v) is 5.90. The van der Waals surface area contributed by atoms with Crippen LogP contribution in [0.25, 0.3) is 16.9 Å². The van der Waals surface area contributed by atoms with Crippen molar-refractivity contribution in [3.05, 3.63) is 59.9 Å². The van der Waals surface area contributed by atoms with Crippen LogP contribution >= 0.6 is 0 Å². The molecule has 19 heavy (non-hydrogen) atoms. The second-order valence-electron chi connectivity index (χ2n) is 4.21. The SMILES string of the molecule is N#Cc1ccc(-c2cccc3nccn23)c(CO)c1. The summed E-state index contributed by atoms with van der Waals surface area (Å²) < 4.78 is 1.96. The number of benzene rings is 1. The molecule has 2 heterocycles. The third kappa shape index (κ3) is 1.86. The molecule has 4 nitrogen and oxygen atoms in total. The van der Waals surface area contributed by atoms with Gasteiger partial charge in [-0.1, -0.05) is 12.1 Å².